The Balaban J connectivity index is 2.08. The van der Waals surface area contributed by atoms with Crippen molar-refractivity contribution in [1.82, 2.24) is 20.1 Å². The zero-order valence-electron chi connectivity index (χ0n) is 10.8. The molecule has 7 nitrogen and oxygen atoms in total. The lowest BCUT2D eigenvalue weighted by molar-refractivity contribution is -0.145. The van der Waals surface area contributed by atoms with Gasteiger partial charge >= 0.3 is 5.97 Å². The highest BCUT2D eigenvalue weighted by molar-refractivity contribution is 5.69. The number of aromatic nitrogens is 3. The third-order valence-electron chi connectivity index (χ3n) is 2.26. The molecular weight excluding hydrogens is 236 g/mol. The lowest BCUT2D eigenvalue weighted by atomic mass is 10.2. The number of aliphatic hydroxyl groups is 1. The van der Waals surface area contributed by atoms with Gasteiger partial charge < -0.3 is 15.2 Å². The van der Waals surface area contributed by atoms with E-state index >= 15 is 0 Å². The van der Waals surface area contributed by atoms with E-state index in [-0.39, 0.29) is 12.4 Å². The highest BCUT2D eigenvalue weighted by atomic mass is 16.5. The van der Waals surface area contributed by atoms with Gasteiger partial charge in [0.25, 0.3) is 0 Å². The maximum atomic E-state index is 11.1. The molecule has 102 valence electrons. The number of aryl methyl sites for hydroxylation is 1. The molecule has 0 aromatic carbocycles. The largest absolute Gasteiger partial charge is 0.466 e. The van der Waals surface area contributed by atoms with Crippen LogP contribution in [-0.4, -0.2) is 51.6 Å². The quantitative estimate of drug-likeness (QED) is 0.470. The van der Waals surface area contributed by atoms with Crippen LogP contribution in [0, 0.1) is 0 Å². The second kappa shape index (κ2) is 7.78. The molecule has 0 bridgehead atoms. The predicted molar refractivity (Wildman–Crippen MR) is 64.8 cm³/mol. The van der Waals surface area contributed by atoms with Gasteiger partial charge in [-0.3, -0.25) is 9.48 Å². The van der Waals surface area contributed by atoms with Crippen molar-refractivity contribution >= 4 is 5.97 Å². The van der Waals surface area contributed by atoms with Gasteiger partial charge in [-0.25, -0.2) is 4.98 Å². The minimum absolute atomic E-state index is 0.0165. The maximum absolute atomic E-state index is 11.1. The minimum Gasteiger partial charge on any atom is -0.466 e. The molecule has 1 unspecified atom stereocenters. The molecule has 2 N–H and O–H groups in total. The molecule has 18 heavy (non-hydrogen) atoms. The molecule has 1 aromatic rings. The summed E-state index contributed by atoms with van der Waals surface area (Å²) in [5.41, 5.74) is 0. The molecule has 0 saturated carbocycles. The number of hydrogen-bond acceptors (Lipinski definition) is 6. The van der Waals surface area contributed by atoms with Crippen LogP contribution in [0.3, 0.4) is 0 Å². The van der Waals surface area contributed by atoms with Crippen LogP contribution in [0.1, 0.15) is 19.2 Å². The van der Waals surface area contributed by atoms with E-state index in [0.29, 0.717) is 26.1 Å². The molecule has 0 radical (unpaired) electrons. The molecule has 1 aromatic heterocycles. The van der Waals surface area contributed by atoms with E-state index in [0.717, 1.165) is 5.82 Å². The molecule has 1 rings (SSSR count). The van der Waals surface area contributed by atoms with Crippen LogP contribution in [0.25, 0.3) is 0 Å². The van der Waals surface area contributed by atoms with Crippen molar-refractivity contribution < 1.29 is 14.6 Å². The fourth-order valence-corrected chi connectivity index (χ4v) is 1.45. The van der Waals surface area contributed by atoms with Crippen molar-refractivity contribution in [3.63, 3.8) is 0 Å². The molecule has 1 heterocycles. The summed E-state index contributed by atoms with van der Waals surface area (Å²) in [5.74, 6) is 0.378. The van der Waals surface area contributed by atoms with Crippen LogP contribution < -0.4 is 5.32 Å². The van der Waals surface area contributed by atoms with E-state index in [4.69, 9.17) is 4.74 Å². The van der Waals surface area contributed by atoms with Crippen LogP contribution in [0.15, 0.2) is 6.33 Å². The fourth-order valence-electron chi connectivity index (χ4n) is 1.45. The van der Waals surface area contributed by atoms with Gasteiger partial charge in [-0.15, -0.1) is 0 Å². The van der Waals surface area contributed by atoms with Gasteiger partial charge in [0.1, 0.15) is 6.33 Å². The van der Waals surface area contributed by atoms with Crippen molar-refractivity contribution in [3.05, 3.63) is 12.2 Å². The first-order valence-corrected chi connectivity index (χ1v) is 6.00. The standard InChI is InChI=1S/C11H20N4O3/c1-3-18-11(17)6-9(16)7-12-5-4-10-13-8-15(2)14-10/h8-9,12,16H,3-7H2,1-2H3. The molecule has 0 fully saturated rings. The van der Waals surface area contributed by atoms with Gasteiger partial charge in [0.05, 0.1) is 19.1 Å². The number of ether oxygens (including phenoxy) is 1. The highest BCUT2D eigenvalue weighted by Gasteiger charge is 2.10. The Hall–Kier alpha value is -1.47. The van der Waals surface area contributed by atoms with E-state index in [1.807, 2.05) is 7.05 Å². The summed E-state index contributed by atoms with van der Waals surface area (Å²) >= 11 is 0. The molecule has 0 spiro atoms. The van der Waals surface area contributed by atoms with Crippen molar-refractivity contribution in [2.45, 2.75) is 25.9 Å². The van der Waals surface area contributed by atoms with Crippen LogP contribution >= 0.6 is 0 Å². The van der Waals surface area contributed by atoms with Gasteiger partial charge in [0.2, 0.25) is 0 Å². The SMILES string of the molecule is CCOC(=O)CC(O)CNCCc1ncn(C)n1. The number of carbonyl (C=O) groups excluding carboxylic acids is 1. The molecule has 0 saturated heterocycles. The van der Waals surface area contributed by atoms with Crippen molar-refractivity contribution in [2.75, 3.05) is 19.7 Å². The summed E-state index contributed by atoms with van der Waals surface area (Å²) in [7, 11) is 1.81. The Labute approximate surface area is 106 Å². The lowest BCUT2D eigenvalue weighted by Crippen LogP contribution is -2.30. The van der Waals surface area contributed by atoms with Gasteiger partial charge in [-0.1, -0.05) is 0 Å². The van der Waals surface area contributed by atoms with E-state index in [2.05, 4.69) is 15.4 Å². The third-order valence-corrected chi connectivity index (χ3v) is 2.26. The monoisotopic (exact) mass is 256 g/mol. The number of rotatable bonds is 8. The first-order chi connectivity index (χ1) is 8.61. The Bertz CT molecular complexity index is 367. The Kier molecular flexibility index (Phi) is 6.31. The van der Waals surface area contributed by atoms with E-state index in [1.54, 1.807) is 17.9 Å². The second-order valence-electron chi connectivity index (χ2n) is 3.95. The summed E-state index contributed by atoms with van der Waals surface area (Å²) in [6.07, 6.45) is 1.63. The summed E-state index contributed by atoms with van der Waals surface area (Å²) in [4.78, 5) is 15.2. The normalized spacial score (nSPS) is 12.4. The molecule has 0 aliphatic carbocycles. The first kappa shape index (κ1) is 14.6. The highest BCUT2D eigenvalue weighted by Crippen LogP contribution is 1.94. The van der Waals surface area contributed by atoms with Crippen molar-refractivity contribution in [1.29, 1.82) is 0 Å². The minimum atomic E-state index is -0.722. The smallest absolute Gasteiger partial charge is 0.308 e. The van der Waals surface area contributed by atoms with Gasteiger partial charge in [0, 0.05) is 26.6 Å². The average molecular weight is 256 g/mol. The number of carbonyl (C=O) groups is 1. The first-order valence-electron chi connectivity index (χ1n) is 6.00. The third kappa shape index (κ3) is 5.74. The fraction of sp³-hybridized carbons (Fsp3) is 0.727. The Morgan fingerprint density at radius 1 is 1.67 bits per heavy atom. The van der Waals surface area contributed by atoms with Crippen LogP contribution in [0.5, 0.6) is 0 Å². The number of aliphatic hydroxyl groups excluding tert-OH is 1. The molecule has 0 amide bonds. The molecular formula is C11H20N4O3. The predicted octanol–water partition coefficient (Wildman–Crippen LogP) is -0.739. The number of hydrogen-bond donors (Lipinski definition) is 2. The number of nitrogens with one attached hydrogen (secondary N) is 1. The van der Waals surface area contributed by atoms with E-state index < -0.39 is 6.10 Å². The molecule has 0 aliphatic heterocycles. The van der Waals surface area contributed by atoms with Gasteiger partial charge in [-0.2, -0.15) is 5.10 Å². The second-order valence-corrected chi connectivity index (χ2v) is 3.95. The number of nitrogens with zero attached hydrogens (tertiary/aromatic N) is 3. The van der Waals surface area contributed by atoms with Gasteiger partial charge in [0.15, 0.2) is 5.82 Å². The molecule has 0 aliphatic rings. The topological polar surface area (TPSA) is 89.3 Å². The average Bonchev–Trinajstić information content (AvgIpc) is 2.71. The van der Waals surface area contributed by atoms with Crippen molar-refractivity contribution in [2.24, 2.45) is 7.05 Å². The van der Waals surface area contributed by atoms with Crippen LogP contribution in [0.4, 0.5) is 0 Å². The zero-order chi connectivity index (χ0) is 13.4. The van der Waals surface area contributed by atoms with E-state index in [9.17, 15) is 9.90 Å². The molecule has 7 heteroatoms. The number of esters is 1. The van der Waals surface area contributed by atoms with Crippen LogP contribution in [-0.2, 0) is 23.0 Å². The maximum Gasteiger partial charge on any atom is 0.308 e. The summed E-state index contributed by atoms with van der Waals surface area (Å²) in [6, 6.07) is 0. The Morgan fingerprint density at radius 2 is 2.44 bits per heavy atom. The van der Waals surface area contributed by atoms with Crippen LogP contribution in [0.2, 0.25) is 0 Å². The Morgan fingerprint density at radius 3 is 3.06 bits per heavy atom. The lowest BCUT2D eigenvalue weighted by Gasteiger charge is -2.10. The summed E-state index contributed by atoms with van der Waals surface area (Å²) < 4.78 is 6.39. The summed E-state index contributed by atoms with van der Waals surface area (Å²) in [5, 5.41) is 16.7. The summed E-state index contributed by atoms with van der Waals surface area (Å²) in [6.45, 7) is 3.09. The zero-order valence-corrected chi connectivity index (χ0v) is 10.8. The molecule has 1 atom stereocenters. The van der Waals surface area contributed by atoms with Crippen molar-refractivity contribution in [3.8, 4) is 0 Å². The van der Waals surface area contributed by atoms with Gasteiger partial charge in [-0.05, 0) is 6.92 Å². The van der Waals surface area contributed by atoms with E-state index in [1.165, 1.54) is 0 Å².